The summed E-state index contributed by atoms with van der Waals surface area (Å²) in [6, 6.07) is 0.616. The van der Waals surface area contributed by atoms with Crippen molar-refractivity contribution in [3.8, 4) is 0 Å². The molecular formula is C15H29N5. The molecule has 0 bridgehead atoms. The SMILES string of the molecule is CCCN1CCCC(C(C)NCCCn2ccnn2)C1. The molecule has 1 aliphatic rings. The molecule has 5 heteroatoms. The zero-order valence-electron chi connectivity index (χ0n) is 13.0. The number of likely N-dealkylation sites (tertiary alicyclic amines) is 1. The summed E-state index contributed by atoms with van der Waals surface area (Å²) in [5.74, 6) is 0.807. The van der Waals surface area contributed by atoms with E-state index in [0.29, 0.717) is 6.04 Å². The fraction of sp³-hybridized carbons (Fsp3) is 0.867. The zero-order valence-corrected chi connectivity index (χ0v) is 13.0. The van der Waals surface area contributed by atoms with Gasteiger partial charge in [0.05, 0.1) is 6.20 Å². The quantitative estimate of drug-likeness (QED) is 0.737. The first-order chi connectivity index (χ1) is 9.79. The van der Waals surface area contributed by atoms with Crippen molar-refractivity contribution in [2.45, 2.75) is 52.1 Å². The lowest BCUT2D eigenvalue weighted by molar-refractivity contribution is 0.151. The molecule has 1 aliphatic heterocycles. The Hall–Kier alpha value is -0.940. The highest BCUT2D eigenvalue weighted by Gasteiger charge is 2.23. The molecule has 0 aromatic carbocycles. The number of piperidine rings is 1. The highest BCUT2D eigenvalue weighted by molar-refractivity contribution is 4.80. The number of aryl methyl sites for hydroxylation is 1. The highest BCUT2D eigenvalue weighted by Crippen LogP contribution is 2.19. The summed E-state index contributed by atoms with van der Waals surface area (Å²) < 4.78 is 1.90. The summed E-state index contributed by atoms with van der Waals surface area (Å²) in [7, 11) is 0. The van der Waals surface area contributed by atoms with Crippen molar-refractivity contribution in [1.82, 2.24) is 25.2 Å². The van der Waals surface area contributed by atoms with Gasteiger partial charge in [-0.1, -0.05) is 12.1 Å². The molecular weight excluding hydrogens is 250 g/mol. The van der Waals surface area contributed by atoms with Gasteiger partial charge in [0.1, 0.15) is 0 Å². The summed E-state index contributed by atoms with van der Waals surface area (Å²) in [5, 5.41) is 11.5. The Morgan fingerprint density at radius 2 is 2.30 bits per heavy atom. The minimum atomic E-state index is 0.616. The minimum absolute atomic E-state index is 0.616. The molecule has 0 radical (unpaired) electrons. The van der Waals surface area contributed by atoms with Crippen LogP contribution in [-0.2, 0) is 6.54 Å². The van der Waals surface area contributed by atoms with Gasteiger partial charge in [0.2, 0.25) is 0 Å². The third-order valence-electron chi connectivity index (χ3n) is 4.29. The molecule has 0 spiro atoms. The van der Waals surface area contributed by atoms with E-state index in [1.54, 1.807) is 6.20 Å². The summed E-state index contributed by atoms with van der Waals surface area (Å²) >= 11 is 0. The van der Waals surface area contributed by atoms with Gasteiger partial charge in [0.25, 0.3) is 0 Å². The van der Waals surface area contributed by atoms with E-state index in [4.69, 9.17) is 0 Å². The lowest BCUT2D eigenvalue weighted by Gasteiger charge is -2.36. The topological polar surface area (TPSA) is 46.0 Å². The highest BCUT2D eigenvalue weighted by atomic mass is 15.4. The van der Waals surface area contributed by atoms with Crippen LogP contribution in [0.25, 0.3) is 0 Å². The van der Waals surface area contributed by atoms with Gasteiger partial charge in [-0.05, 0) is 58.2 Å². The van der Waals surface area contributed by atoms with Crippen molar-refractivity contribution in [2.24, 2.45) is 5.92 Å². The van der Waals surface area contributed by atoms with E-state index in [1.165, 1.54) is 38.9 Å². The maximum absolute atomic E-state index is 3.99. The molecule has 2 heterocycles. The zero-order chi connectivity index (χ0) is 14.2. The molecule has 1 aromatic rings. The fourth-order valence-corrected chi connectivity index (χ4v) is 3.11. The predicted octanol–water partition coefficient (Wildman–Crippen LogP) is 1.77. The number of nitrogens with one attached hydrogen (secondary N) is 1. The molecule has 2 atom stereocenters. The van der Waals surface area contributed by atoms with E-state index in [0.717, 1.165) is 25.4 Å². The first-order valence-corrected chi connectivity index (χ1v) is 8.09. The van der Waals surface area contributed by atoms with Crippen LogP contribution in [0.5, 0.6) is 0 Å². The smallest absolute Gasteiger partial charge is 0.0692 e. The Kier molecular flexibility index (Phi) is 6.47. The van der Waals surface area contributed by atoms with Gasteiger partial charge in [-0.2, -0.15) is 0 Å². The molecule has 0 saturated carbocycles. The van der Waals surface area contributed by atoms with E-state index in [-0.39, 0.29) is 0 Å². The molecule has 5 nitrogen and oxygen atoms in total. The molecule has 1 fully saturated rings. The van der Waals surface area contributed by atoms with Crippen LogP contribution in [0.4, 0.5) is 0 Å². The molecule has 2 rings (SSSR count). The fourth-order valence-electron chi connectivity index (χ4n) is 3.11. The molecule has 0 amide bonds. The van der Waals surface area contributed by atoms with Crippen LogP contribution in [0.3, 0.4) is 0 Å². The van der Waals surface area contributed by atoms with E-state index in [1.807, 2.05) is 10.9 Å². The molecule has 1 saturated heterocycles. The minimum Gasteiger partial charge on any atom is -0.314 e. The second-order valence-corrected chi connectivity index (χ2v) is 5.97. The average Bonchev–Trinajstić information content (AvgIpc) is 2.97. The van der Waals surface area contributed by atoms with Crippen molar-refractivity contribution >= 4 is 0 Å². The number of hydrogen-bond acceptors (Lipinski definition) is 4. The number of rotatable bonds is 8. The van der Waals surface area contributed by atoms with Gasteiger partial charge < -0.3 is 10.2 Å². The van der Waals surface area contributed by atoms with Gasteiger partial charge in [-0.25, -0.2) is 0 Å². The third-order valence-corrected chi connectivity index (χ3v) is 4.29. The number of hydrogen-bond donors (Lipinski definition) is 1. The summed E-state index contributed by atoms with van der Waals surface area (Å²) in [6.45, 7) is 10.5. The van der Waals surface area contributed by atoms with Crippen molar-refractivity contribution in [3.63, 3.8) is 0 Å². The number of nitrogens with zero attached hydrogens (tertiary/aromatic N) is 4. The van der Waals surface area contributed by atoms with Gasteiger partial charge in [-0.15, -0.1) is 5.10 Å². The monoisotopic (exact) mass is 279 g/mol. The van der Waals surface area contributed by atoms with Crippen LogP contribution in [-0.4, -0.2) is 52.1 Å². The first kappa shape index (κ1) is 15.4. The summed E-state index contributed by atoms with van der Waals surface area (Å²) in [6.07, 6.45) is 8.77. The summed E-state index contributed by atoms with van der Waals surface area (Å²) in [5.41, 5.74) is 0. The largest absolute Gasteiger partial charge is 0.314 e. The Morgan fingerprint density at radius 1 is 1.40 bits per heavy atom. The maximum atomic E-state index is 3.99. The van der Waals surface area contributed by atoms with E-state index >= 15 is 0 Å². The summed E-state index contributed by atoms with van der Waals surface area (Å²) in [4.78, 5) is 2.63. The van der Waals surface area contributed by atoms with Gasteiger partial charge in [0.15, 0.2) is 0 Å². The normalized spacial score (nSPS) is 22.0. The first-order valence-electron chi connectivity index (χ1n) is 8.09. The van der Waals surface area contributed by atoms with Crippen LogP contribution < -0.4 is 5.32 Å². The molecule has 1 N–H and O–H groups in total. The molecule has 0 aliphatic carbocycles. The Bertz CT molecular complexity index is 349. The van der Waals surface area contributed by atoms with E-state index in [9.17, 15) is 0 Å². The standard InChI is InChI=1S/C15H29N5/c1-3-9-19-10-4-6-15(13-19)14(2)16-7-5-11-20-12-8-17-18-20/h8,12,14-16H,3-7,9-11,13H2,1-2H3. The Morgan fingerprint density at radius 3 is 3.05 bits per heavy atom. The van der Waals surface area contributed by atoms with Crippen LogP contribution in [0, 0.1) is 5.92 Å². The van der Waals surface area contributed by atoms with Crippen molar-refractivity contribution in [3.05, 3.63) is 12.4 Å². The van der Waals surface area contributed by atoms with Crippen LogP contribution in [0.1, 0.15) is 39.5 Å². The average molecular weight is 279 g/mol. The van der Waals surface area contributed by atoms with Gasteiger partial charge in [-0.3, -0.25) is 4.68 Å². The van der Waals surface area contributed by atoms with Crippen LogP contribution in [0.15, 0.2) is 12.4 Å². The van der Waals surface area contributed by atoms with Gasteiger partial charge >= 0.3 is 0 Å². The number of aromatic nitrogens is 3. The van der Waals surface area contributed by atoms with Crippen molar-refractivity contribution < 1.29 is 0 Å². The van der Waals surface area contributed by atoms with Crippen molar-refractivity contribution in [1.29, 1.82) is 0 Å². The van der Waals surface area contributed by atoms with Crippen LogP contribution >= 0.6 is 0 Å². The molecule has 2 unspecified atom stereocenters. The van der Waals surface area contributed by atoms with Crippen molar-refractivity contribution in [2.75, 3.05) is 26.2 Å². The maximum Gasteiger partial charge on any atom is 0.0692 e. The second kappa shape index (κ2) is 8.37. The van der Waals surface area contributed by atoms with Gasteiger partial charge in [0, 0.05) is 25.3 Å². The predicted molar refractivity (Wildman–Crippen MR) is 81.6 cm³/mol. The third kappa shape index (κ3) is 4.87. The Labute approximate surface area is 122 Å². The second-order valence-electron chi connectivity index (χ2n) is 5.97. The van der Waals surface area contributed by atoms with Crippen LogP contribution in [0.2, 0.25) is 0 Å². The molecule has 114 valence electrons. The van der Waals surface area contributed by atoms with E-state index in [2.05, 4.69) is 34.4 Å². The molecule has 20 heavy (non-hydrogen) atoms. The van der Waals surface area contributed by atoms with E-state index < -0.39 is 0 Å². The lowest BCUT2D eigenvalue weighted by atomic mass is 9.91. The Balaban J connectivity index is 1.62. The molecule has 1 aromatic heterocycles. The lowest BCUT2D eigenvalue weighted by Crippen LogP contribution is -2.44.